The van der Waals surface area contributed by atoms with Crippen molar-refractivity contribution in [2.45, 2.75) is 13.8 Å². The molecule has 1 N–H and O–H groups in total. The molecular weight excluding hydrogens is 246 g/mol. The van der Waals surface area contributed by atoms with E-state index in [1.807, 2.05) is 0 Å². The molecule has 5 nitrogen and oxygen atoms in total. The Morgan fingerprint density at radius 2 is 1.84 bits per heavy atom. The van der Waals surface area contributed by atoms with Crippen molar-refractivity contribution < 1.29 is 19.4 Å². The molecule has 1 amide bonds. The van der Waals surface area contributed by atoms with Crippen LogP contribution >= 0.6 is 0 Å². The number of nitrogens with zero attached hydrogens (tertiary/aromatic N) is 1. The van der Waals surface area contributed by atoms with E-state index in [4.69, 9.17) is 9.84 Å². The Labute approximate surface area is 112 Å². The molecule has 0 saturated carbocycles. The predicted octanol–water partition coefficient (Wildman–Crippen LogP) is 1.88. The number of hydrogen-bond acceptors (Lipinski definition) is 3. The minimum absolute atomic E-state index is 0.315. The number of rotatable bonds is 6. The van der Waals surface area contributed by atoms with Gasteiger partial charge < -0.3 is 14.7 Å². The maximum absolute atomic E-state index is 11.9. The van der Waals surface area contributed by atoms with Crippen molar-refractivity contribution in [3.8, 4) is 5.75 Å². The molecule has 0 aliphatic rings. The molecule has 0 aliphatic carbocycles. The molecule has 1 aromatic rings. The number of benzene rings is 1. The van der Waals surface area contributed by atoms with Crippen LogP contribution in [0.4, 0.5) is 0 Å². The highest BCUT2D eigenvalue weighted by molar-refractivity contribution is 5.95. The molecule has 1 aromatic carbocycles. The Kier molecular flexibility index (Phi) is 5.36. The highest BCUT2D eigenvalue weighted by Gasteiger charge is 2.14. The van der Waals surface area contributed by atoms with Crippen LogP contribution in [0.3, 0.4) is 0 Å². The lowest BCUT2D eigenvalue weighted by Crippen LogP contribution is -2.31. The minimum Gasteiger partial charge on any atom is -0.493 e. The molecule has 0 atom stereocenters. The first-order valence-electron chi connectivity index (χ1n) is 6.10. The summed E-state index contributed by atoms with van der Waals surface area (Å²) in [5, 5.41) is 8.63. The normalized spacial score (nSPS) is 10.3. The van der Waals surface area contributed by atoms with Crippen molar-refractivity contribution in [3.63, 3.8) is 0 Å². The Balaban J connectivity index is 2.65. The average Bonchev–Trinajstić information content (AvgIpc) is 2.35. The Morgan fingerprint density at radius 3 is 2.32 bits per heavy atom. The zero-order chi connectivity index (χ0) is 14.4. The molecule has 5 heteroatoms. The number of ether oxygens (including phenoxy) is 1. The van der Waals surface area contributed by atoms with Gasteiger partial charge in [0.25, 0.3) is 5.91 Å². The molecule has 0 unspecified atom stereocenters. The summed E-state index contributed by atoms with van der Waals surface area (Å²) in [6.07, 6.45) is 0. The maximum atomic E-state index is 11.9. The summed E-state index contributed by atoms with van der Waals surface area (Å²) in [7, 11) is 1.46. The van der Waals surface area contributed by atoms with Gasteiger partial charge in [-0.15, -0.1) is 0 Å². The molecule has 0 radical (unpaired) electrons. The standard InChI is InChI=1S/C14H19NO4/c1-10(2)9-19-12-6-4-11(5-7-12)14(18)15(3)8-13(16)17/h4-7,10H,8-9H2,1-3H3,(H,16,17). The summed E-state index contributed by atoms with van der Waals surface area (Å²) < 4.78 is 5.51. The van der Waals surface area contributed by atoms with E-state index in [-0.39, 0.29) is 12.5 Å². The minimum atomic E-state index is -1.03. The third-order valence-electron chi connectivity index (χ3n) is 2.40. The van der Waals surface area contributed by atoms with Gasteiger partial charge >= 0.3 is 5.97 Å². The smallest absolute Gasteiger partial charge is 0.323 e. The number of amides is 1. The second kappa shape index (κ2) is 6.78. The maximum Gasteiger partial charge on any atom is 0.323 e. The van der Waals surface area contributed by atoms with Crippen molar-refractivity contribution in [1.29, 1.82) is 0 Å². The molecule has 1 rings (SSSR count). The largest absolute Gasteiger partial charge is 0.493 e. The molecule has 0 fully saturated rings. The van der Waals surface area contributed by atoms with Crippen LogP contribution in [0.2, 0.25) is 0 Å². The highest BCUT2D eigenvalue weighted by Crippen LogP contribution is 2.14. The average molecular weight is 265 g/mol. The number of carboxylic acids is 1. The van der Waals surface area contributed by atoms with Crippen LogP contribution in [0.25, 0.3) is 0 Å². The van der Waals surface area contributed by atoms with Crippen LogP contribution in [0, 0.1) is 5.92 Å². The number of carbonyl (C=O) groups is 2. The second-order valence-electron chi connectivity index (χ2n) is 4.78. The van der Waals surface area contributed by atoms with Crippen molar-refractivity contribution in [1.82, 2.24) is 4.90 Å². The van der Waals surface area contributed by atoms with Gasteiger partial charge in [0, 0.05) is 12.6 Å². The molecule has 0 saturated heterocycles. The van der Waals surface area contributed by atoms with E-state index < -0.39 is 5.97 Å². The third-order valence-corrected chi connectivity index (χ3v) is 2.40. The van der Waals surface area contributed by atoms with E-state index >= 15 is 0 Å². The summed E-state index contributed by atoms with van der Waals surface area (Å²) >= 11 is 0. The van der Waals surface area contributed by atoms with Crippen LogP contribution in [0.1, 0.15) is 24.2 Å². The summed E-state index contributed by atoms with van der Waals surface area (Å²) in [6, 6.07) is 6.70. The van der Waals surface area contributed by atoms with Crippen LogP contribution < -0.4 is 4.74 Å². The van der Waals surface area contributed by atoms with Crippen molar-refractivity contribution >= 4 is 11.9 Å². The second-order valence-corrected chi connectivity index (χ2v) is 4.78. The van der Waals surface area contributed by atoms with Gasteiger partial charge in [0.1, 0.15) is 12.3 Å². The van der Waals surface area contributed by atoms with Crippen LogP contribution in [-0.4, -0.2) is 42.1 Å². The molecule has 0 bridgehead atoms. The number of hydrogen-bond donors (Lipinski definition) is 1. The fourth-order valence-electron chi connectivity index (χ4n) is 1.45. The zero-order valence-corrected chi connectivity index (χ0v) is 11.4. The van der Waals surface area contributed by atoms with Crippen molar-refractivity contribution in [3.05, 3.63) is 29.8 Å². The Bertz CT molecular complexity index is 439. The lowest BCUT2D eigenvalue weighted by atomic mass is 10.2. The SMILES string of the molecule is CC(C)COc1ccc(C(=O)N(C)CC(=O)O)cc1. The van der Waals surface area contributed by atoms with E-state index in [2.05, 4.69) is 13.8 Å². The number of carboxylic acid groups (broad SMARTS) is 1. The van der Waals surface area contributed by atoms with E-state index in [1.54, 1.807) is 24.3 Å². The van der Waals surface area contributed by atoms with Crippen LogP contribution in [0.5, 0.6) is 5.75 Å². The first-order chi connectivity index (χ1) is 8.90. The topological polar surface area (TPSA) is 66.8 Å². The van der Waals surface area contributed by atoms with Gasteiger partial charge in [0.15, 0.2) is 0 Å². The zero-order valence-electron chi connectivity index (χ0n) is 11.4. The molecule has 0 aliphatic heterocycles. The monoisotopic (exact) mass is 265 g/mol. The quantitative estimate of drug-likeness (QED) is 0.852. The molecule has 104 valence electrons. The van der Waals surface area contributed by atoms with Gasteiger partial charge in [-0.2, -0.15) is 0 Å². The predicted molar refractivity (Wildman–Crippen MR) is 71.4 cm³/mol. The Hall–Kier alpha value is -2.04. The van der Waals surface area contributed by atoms with Crippen LogP contribution in [-0.2, 0) is 4.79 Å². The summed E-state index contributed by atoms with van der Waals surface area (Å²) in [5.41, 5.74) is 0.445. The third kappa shape index (κ3) is 4.99. The first-order valence-corrected chi connectivity index (χ1v) is 6.10. The first kappa shape index (κ1) is 15.0. The van der Waals surface area contributed by atoms with E-state index in [1.165, 1.54) is 7.05 Å². The van der Waals surface area contributed by atoms with Gasteiger partial charge in [-0.1, -0.05) is 13.8 Å². The van der Waals surface area contributed by atoms with Gasteiger partial charge in [0.05, 0.1) is 6.61 Å². The molecule has 0 aromatic heterocycles. The lowest BCUT2D eigenvalue weighted by molar-refractivity contribution is -0.137. The van der Waals surface area contributed by atoms with Gasteiger partial charge in [0.2, 0.25) is 0 Å². The fourth-order valence-corrected chi connectivity index (χ4v) is 1.45. The molecular formula is C14H19NO4. The summed E-state index contributed by atoms with van der Waals surface area (Å²) in [5.74, 6) is -0.223. The van der Waals surface area contributed by atoms with Crippen molar-refractivity contribution in [2.24, 2.45) is 5.92 Å². The number of carbonyl (C=O) groups excluding carboxylic acids is 1. The Morgan fingerprint density at radius 1 is 1.26 bits per heavy atom. The van der Waals surface area contributed by atoms with Crippen LogP contribution in [0.15, 0.2) is 24.3 Å². The molecule has 0 heterocycles. The van der Waals surface area contributed by atoms with Gasteiger partial charge in [-0.25, -0.2) is 0 Å². The summed E-state index contributed by atoms with van der Waals surface area (Å²) in [6.45, 7) is 4.41. The lowest BCUT2D eigenvalue weighted by Gasteiger charge is -2.15. The molecule has 0 spiro atoms. The van der Waals surface area contributed by atoms with E-state index in [9.17, 15) is 9.59 Å². The molecule has 19 heavy (non-hydrogen) atoms. The van der Waals surface area contributed by atoms with E-state index in [0.717, 1.165) is 4.90 Å². The highest BCUT2D eigenvalue weighted by atomic mass is 16.5. The van der Waals surface area contributed by atoms with Crippen molar-refractivity contribution in [2.75, 3.05) is 20.2 Å². The van der Waals surface area contributed by atoms with E-state index in [0.29, 0.717) is 23.8 Å². The number of likely N-dealkylation sites (N-methyl/N-ethyl adjacent to an activating group) is 1. The number of aliphatic carboxylic acids is 1. The van der Waals surface area contributed by atoms with Gasteiger partial charge in [-0.05, 0) is 30.2 Å². The van der Waals surface area contributed by atoms with Gasteiger partial charge in [-0.3, -0.25) is 9.59 Å². The fraction of sp³-hybridized carbons (Fsp3) is 0.429. The summed E-state index contributed by atoms with van der Waals surface area (Å²) in [4.78, 5) is 23.6.